The van der Waals surface area contributed by atoms with Crippen molar-refractivity contribution in [1.29, 1.82) is 0 Å². The van der Waals surface area contributed by atoms with E-state index in [9.17, 15) is 18.0 Å². The molecular formula is C22H25ClN2O5S. The number of nitrogens with one attached hydrogen (secondary N) is 2. The number of sulfonamides is 1. The van der Waals surface area contributed by atoms with Crippen LogP contribution in [0.3, 0.4) is 0 Å². The van der Waals surface area contributed by atoms with Gasteiger partial charge in [-0.05, 0) is 56.2 Å². The van der Waals surface area contributed by atoms with Crippen molar-refractivity contribution >= 4 is 39.2 Å². The van der Waals surface area contributed by atoms with E-state index >= 15 is 0 Å². The van der Waals surface area contributed by atoms with Crippen LogP contribution in [0.4, 0.5) is 5.69 Å². The molecule has 1 fully saturated rings. The Balaban J connectivity index is 1.69. The second-order valence-electron chi connectivity index (χ2n) is 7.50. The quantitative estimate of drug-likeness (QED) is 0.600. The van der Waals surface area contributed by atoms with Gasteiger partial charge < -0.3 is 10.1 Å². The Morgan fingerprint density at radius 2 is 1.68 bits per heavy atom. The number of hydrogen-bond donors (Lipinski definition) is 2. The third-order valence-corrected chi connectivity index (χ3v) is 6.75. The molecule has 1 aliphatic carbocycles. The lowest BCUT2D eigenvalue weighted by molar-refractivity contribution is -0.130. The Bertz CT molecular complexity index is 1030. The zero-order valence-electron chi connectivity index (χ0n) is 17.1. The minimum absolute atomic E-state index is 0.000276. The van der Waals surface area contributed by atoms with Gasteiger partial charge in [0.15, 0.2) is 6.10 Å². The van der Waals surface area contributed by atoms with E-state index < -0.39 is 22.1 Å². The maximum absolute atomic E-state index is 12.7. The molecule has 1 aliphatic rings. The highest BCUT2D eigenvalue weighted by Gasteiger charge is 2.25. The summed E-state index contributed by atoms with van der Waals surface area (Å²) in [5, 5.41) is 3.32. The molecule has 2 aromatic rings. The Morgan fingerprint density at radius 3 is 2.35 bits per heavy atom. The van der Waals surface area contributed by atoms with Crippen LogP contribution in [0, 0.1) is 0 Å². The van der Waals surface area contributed by atoms with Crippen LogP contribution >= 0.6 is 11.6 Å². The van der Waals surface area contributed by atoms with E-state index in [2.05, 4.69) is 10.0 Å². The fourth-order valence-corrected chi connectivity index (χ4v) is 4.62. The smallest absolute Gasteiger partial charge is 0.341 e. The zero-order chi connectivity index (χ0) is 22.4. The SMILES string of the molecule is CC(OC(=O)c1ccccc1NS(=O)(=O)c1ccc(Cl)cc1)C(=O)NC1CCCCC1. The molecule has 2 N–H and O–H groups in total. The number of rotatable bonds is 7. The largest absolute Gasteiger partial charge is 0.449 e. The molecule has 2 aromatic carbocycles. The van der Waals surface area contributed by atoms with Crippen LogP contribution in [0.15, 0.2) is 53.4 Å². The highest BCUT2D eigenvalue weighted by atomic mass is 35.5. The van der Waals surface area contributed by atoms with Gasteiger partial charge in [-0.3, -0.25) is 9.52 Å². The van der Waals surface area contributed by atoms with E-state index in [0.29, 0.717) is 5.02 Å². The summed E-state index contributed by atoms with van der Waals surface area (Å²) in [7, 11) is -3.95. The van der Waals surface area contributed by atoms with Gasteiger partial charge in [0.05, 0.1) is 16.1 Å². The Morgan fingerprint density at radius 1 is 1.03 bits per heavy atom. The van der Waals surface area contributed by atoms with E-state index in [4.69, 9.17) is 16.3 Å². The second-order valence-corrected chi connectivity index (χ2v) is 9.61. The molecule has 0 bridgehead atoms. The van der Waals surface area contributed by atoms with Gasteiger partial charge in [0.2, 0.25) is 0 Å². The molecule has 9 heteroatoms. The topological polar surface area (TPSA) is 102 Å². The first-order chi connectivity index (χ1) is 14.8. The molecule has 0 saturated heterocycles. The van der Waals surface area contributed by atoms with Gasteiger partial charge in [-0.2, -0.15) is 0 Å². The molecule has 166 valence electrons. The molecule has 0 heterocycles. The van der Waals surface area contributed by atoms with Gasteiger partial charge in [0.1, 0.15) is 0 Å². The number of amides is 1. The third kappa shape index (κ3) is 6.21. The van der Waals surface area contributed by atoms with E-state index in [1.807, 2.05) is 0 Å². The number of benzene rings is 2. The minimum atomic E-state index is -3.95. The van der Waals surface area contributed by atoms with E-state index in [0.717, 1.165) is 25.7 Å². The number of para-hydroxylation sites is 1. The molecule has 7 nitrogen and oxygen atoms in total. The molecule has 1 atom stereocenters. The van der Waals surface area contributed by atoms with Gasteiger partial charge in [0.25, 0.3) is 15.9 Å². The van der Waals surface area contributed by atoms with Gasteiger partial charge in [-0.15, -0.1) is 0 Å². The highest BCUT2D eigenvalue weighted by Crippen LogP contribution is 2.23. The second kappa shape index (κ2) is 10.2. The lowest BCUT2D eigenvalue weighted by atomic mass is 9.95. The molecule has 1 unspecified atom stereocenters. The number of esters is 1. The lowest BCUT2D eigenvalue weighted by Crippen LogP contribution is -2.42. The van der Waals surface area contributed by atoms with Gasteiger partial charge in [0, 0.05) is 11.1 Å². The van der Waals surface area contributed by atoms with E-state index in [-0.39, 0.29) is 28.1 Å². The van der Waals surface area contributed by atoms with Crippen LogP contribution < -0.4 is 10.0 Å². The van der Waals surface area contributed by atoms with Crippen LogP contribution in [0.25, 0.3) is 0 Å². The van der Waals surface area contributed by atoms with Crippen LogP contribution in [0.5, 0.6) is 0 Å². The predicted molar refractivity (Wildman–Crippen MR) is 119 cm³/mol. The fraction of sp³-hybridized carbons (Fsp3) is 0.364. The minimum Gasteiger partial charge on any atom is -0.449 e. The first-order valence-electron chi connectivity index (χ1n) is 10.1. The zero-order valence-corrected chi connectivity index (χ0v) is 18.7. The third-order valence-electron chi connectivity index (χ3n) is 5.12. The summed E-state index contributed by atoms with van der Waals surface area (Å²) >= 11 is 5.82. The number of halogens is 1. The van der Waals surface area contributed by atoms with Crippen molar-refractivity contribution in [1.82, 2.24) is 5.32 Å². The van der Waals surface area contributed by atoms with Crippen LogP contribution in [0.2, 0.25) is 5.02 Å². The van der Waals surface area contributed by atoms with Crippen LogP contribution in [-0.4, -0.2) is 32.4 Å². The van der Waals surface area contributed by atoms with Gasteiger partial charge >= 0.3 is 5.97 Å². The van der Waals surface area contributed by atoms with E-state index in [1.165, 1.54) is 49.7 Å². The summed E-state index contributed by atoms with van der Waals surface area (Å²) in [6, 6.07) is 11.8. The molecule has 0 spiro atoms. The van der Waals surface area contributed by atoms with Crippen molar-refractivity contribution in [3.05, 3.63) is 59.1 Å². The van der Waals surface area contributed by atoms with Gasteiger partial charge in [-0.1, -0.05) is 43.0 Å². The summed E-state index contributed by atoms with van der Waals surface area (Å²) < 4.78 is 33.1. The summed E-state index contributed by atoms with van der Waals surface area (Å²) in [6.07, 6.45) is 4.14. The molecule has 0 aromatic heterocycles. The maximum atomic E-state index is 12.7. The molecule has 0 aliphatic heterocycles. The van der Waals surface area contributed by atoms with Crippen molar-refractivity contribution in [2.75, 3.05) is 4.72 Å². The molecule has 31 heavy (non-hydrogen) atoms. The summed E-state index contributed by atoms with van der Waals surface area (Å²) in [6.45, 7) is 1.50. The van der Waals surface area contributed by atoms with Crippen molar-refractivity contribution in [3.63, 3.8) is 0 Å². The average Bonchev–Trinajstić information content (AvgIpc) is 2.74. The Hall–Kier alpha value is -2.58. The lowest BCUT2D eigenvalue weighted by Gasteiger charge is -2.24. The number of hydrogen-bond acceptors (Lipinski definition) is 5. The molecular weight excluding hydrogens is 440 g/mol. The van der Waals surface area contributed by atoms with E-state index in [1.54, 1.807) is 12.1 Å². The monoisotopic (exact) mass is 464 g/mol. The molecule has 0 radical (unpaired) electrons. The van der Waals surface area contributed by atoms with Gasteiger partial charge in [-0.25, -0.2) is 13.2 Å². The fourth-order valence-electron chi connectivity index (χ4n) is 3.41. The average molecular weight is 465 g/mol. The van der Waals surface area contributed by atoms with Crippen molar-refractivity contribution in [3.8, 4) is 0 Å². The van der Waals surface area contributed by atoms with Crippen molar-refractivity contribution < 1.29 is 22.7 Å². The highest BCUT2D eigenvalue weighted by molar-refractivity contribution is 7.92. The summed E-state index contributed by atoms with van der Waals surface area (Å²) in [4.78, 5) is 25.1. The Labute approximate surface area is 187 Å². The number of anilines is 1. The van der Waals surface area contributed by atoms with Crippen LogP contribution in [0.1, 0.15) is 49.4 Å². The summed E-state index contributed by atoms with van der Waals surface area (Å²) in [5.41, 5.74) is 0.0692. The summed E-state index contributed by atoms with van der Waals surface area (Å²) in [5.74, 6) is -1.15. The van der Waals surface area contributed by atoms with Crippen LogP contribution in [-0.2, 0) is 19.6 Å². The maximum Gasteiger partial charge on any atom is 0.341 e. The molecule has 3 rings (SSSR count). The predicted octanol–water partition coefficient (Wildman–Crippen LogP) is 4.14. The molecule has 1 amide bonds. The Kier molecular flexibility index (Phi) is 7.56. The number of carbonyl (C=O) groups excluding carboxylic acids is 2. The number of ether oxygens (including phenoxy) is 1. The van der Waals surface area contributed by atoms with Crippen molar-refractivity contribution in [2.45, 2.75) is 56.1 Å². The number of carbonyl (C=O) groups is 2. The molecule has 1 saturated carbocycles. The standard InChI is InChI=1S/C22H25ClN2O5S/c1-15(21(26)24-17-7-3-2-4-8-17)30-22(27)19-9-5-6-10-20(19)25-31(28,29)18-13-11-16(23)12-14-18/h5-6,9-15,17,25H,2-4,7-8H2,1H3,(H,24,26). The first-order valence-corrected chi connectivity index (χ1v) is 12.0. The van der Waals surface area contributed by atoms with Crippen molar-refractivity contribution in [2.24, 2.45) is 0 Å². The normalized spacial score (nSPS) is 15.7. The first kappa shape index (κ1) is 23.1.